The summed E-state index contributed by atoms with van der Waals surface area (Å²) in [7, 11) is 0. The van der Waals surface area contributed by atoms with E-state index in [0.29, 0.717) is 6.42 Å². The second-order valence-electron chi connectivity index (χ2n) is 4.87. The van der Waals surface area contributed by atoms with E-state index in [-0.39, 0.29) is 11.9 Å². The van der Waals surface area contributed by atoms with Crippen LogP contribution in [0.5, 0.6) is 0 Å². The average molecular weight is 226 g/mol. The first-order valence-corrected chi connectivity index (χ1v) is 6.14. The molecule has 0 aliphatic rings. The number of hydrogen-bond donors (Lipinski definition) is 2. The van der Waals surface area contributed by atoms with E-state index >= 15 is 0 Å². The molecule has 94 valence electrons. The minimum absolute atomic E-state index is 0.0723. The minimum atomic E-state index is -0.454. The third kappa shape index (κ3) is 7.46. The Morgan fingerprint density at radius 2 is 2.00 bits per heavy atom. The van der Waals surface area contributed by atoms with Gasteiger partial charge in [-0.15, -0.1) is 6.58 Å². The van der Waals surface area contributed by atoms with E-state index in [1.54, 1.807) is 6.08 Å². The summed E-state index contributed by atoms with van der Waals surface area (Å²) < 4.78 is 0. The molecule has 3 N–H and O–H groups in total. The zero-order valence-electron chi connectivity index (χ0n) is 10.8. The van der Waals surface area contributed by atoms with Crippen molar-refractivity contribution in [2.24, 2.45) is 11.7 Å². The van der Waals surface area contributed by atoms with Crippen molar-refractivity contribution in [3.63, 3.8) is 0 Å². The Balaban J connectivity index is 3.73. The molecule has 0 aromatic heterocycles. The maximum Gasteiger partial charge on any atom is 0.237 e. The lowest BCUT2D eigenvalue weighted by molar-refractivity contribution is -0.122. The Labute approximate surface area is 99.5 Å². The van der Waals surface area contributed by atoms with Crippen molar-refractivity contribution in [1.29, 1.82) is 0 Å². The molecule has 1 amide bonds. The van der Waals surface area contributed by atoms with E-state index in [1.807, 2.05) is 6.92 Å². The largest absolute Gasteiger partial charge is 0.352 e. The van der Waals surface area contributed by atoms with Crippen molar-refractivity contribution < 1.29 is 4.79 Å². The molecule has 0 bridgehead atoms. The van der Waals surface area contributed by atoms with Crippen LogP contribution < -0.4 is 11.1 Å². The Morgan fingerprint density at radius 1 is 1.38 bits per heavy atom. The number of carbonyl (C=O) groups excluding carboxylic acids is 1. The van der Waals surface area contributed by atoms with Crippen LogP contribution in [-0.2, 0) is 4.79 Å². The molecule has 16 heavy (non-hydrogen) atoms. The van der Waals surface area contributed by atoms with Gasteiger partial charge in [-0.1, -0.05) is 32.8 Å². The SMILES string of the molecule is C=CCC(N)C(=O)NC(C)CCCC(C)C. The number of carbonyl (C=O) groups is 1. The van der Waals surface area contributed by atoms with Crippen LogP contribution in [-0.4, -0.2) is 18.0 Å². The fourth-order valence-corrected chi connectivity index (χ4v) is 1.54. The number of hydrogen-bond acceptors (Lipinski definition) is 2. The lowest BCUT2D eigenvalue weighted by atomic mass is 10.0. The van der Waals surface area contributed by atoms with Gasteiger partial charge in [-0.25, -0.2) is 0 Å². The maximum atomic E-state index is 11.6. The number of rotatable bonds is 8. The Hall–Kier alpha value is -0.830. The van der Waals surface area contributed by atoms with Gasteiger partial charge in [-0.2, -0.15) is 0 Å². The first-order chi connectivity index (χ1) is 7.47. The molecule has 0 aliphatic heterocycles. The Kier molecular flexibility index (Phi) is 7.90. The van der Waals surface area contributed by atoms with Gasteiger partial charge in [-0.3, -0.25) is 4.79 Å². The van der Waals surface area contributed by atoms with Crippen LogP contribution in [0.3, 0.4) is 0 Å². The van der Waals surface area contributed by atoms with Gasteiger partial charge in [0.2, 0.25) is 5.91 Å². The molecule has 3 heteroatoms. The molecule has 0 saturated heterocycles. The fraction of sp³-hybridized carbons (Fsp3) is 0.769. The third-order valence-corrected chi connectivity index (χ3v) is 2.56. The van der Waals surface area contributed by atoms with E-state index in [0.717, 1.165) is 18.8 Å². The predicted molar refractivity (Wildman–Crippen MR) is 69.1 cm³/mol. The topological polar surface area (TPSA) is 55.1 Å². The highest BCUT2D eigenvalue weighted by Crippen LogP contribution is 2.08. The maximum absolute atomic E-state index is 11.6. The zero-order valence-corrected chi connectivity index (χ0v) is 10.8. The molecule has 0 saturated carbocycles. The molecule has 0 rings (SSSR count). The van der Waals surface area contributed by atoms with Crippen molar-refractivity contribution in [1.82, 2.24) is 5.32 Å². The normalized spacial score (nSPS) is 14.6. The van der Waals surface area contributed by atoms with Crippen molar-refractivity contribution in [2.75, 3.05) is 0 Å². The van der Waals surface area contributed by atoms with Crippen LogP contribution in [0.25, 0.3) is 0 Å². The van der Waals surface area contributed by atoms with E-state index in [4.69, 9.17) is 5.73 Å². The molecule has 0 radical (unpaired) electrons. The first kappa shape index (κ1) is 15.2. The summed E-state index contributed by atoms with van der Waals surface area (Å²) in [5.74, 6) is 0.655. The number of amides is 1. The second kappa shape index (κ2) is 8.34. The standard InChI is InChI=1S/C13H26N2O/c1-5-7-12(14)13(16)15-11(4)9-6-8-10(2)3/h5,10-12H,1,6-9,14H2,2-4H3,(H,15,16). The van der Waals surface area contributed by atoms with E-state index in [9.17, 15) is 4.79 Å². The summed E-state index contributed by atoms with van der Waals surface area (Å²) in [6.07, 6.45) is 5.58. The summed E-state index contributed by atoms with van der Waals surface area (Å²) in [4.78, 5) is 11.6. The monoisotopic (exact) mass is 226 g/mol. The third-order valence-electron chi connectivity index (χ3n) is 2.56. The number of nitrogens with one attached hydrogen (secondary N) is 1. The molecule has 2 atom stereocenters. The van der Waals surface area contributed by atoms with Crippen molar-refractivity contribution >= 4 is 5.91 Å². The summed E-state index contributed by atoms with van der Waals surface area (Å²) >= 11 is 0. The van der Waals surface area contributed by atoms with Crippen LogP contribution in [0.4, 0.5) is 0 Å². The van der Waals surface area contributed by atoms with Gasteiger partial charge in [0.1, 0.15) is 0 Å². The van der Waals surface area contributed by atoms with Gasteiger partial charge >= 0.3 is 0 Å². The van der Waals surface area contributed by atoms with Gasteiger partial charge in [0.15, 0.2) is 0 Å². The van der Waals surface area contributed by atoms with Crippen LogP contribution >= 0.6 is 0 Å². The lowest BCUT2D eigenvalue weighted by Crippen LogP contribution is -2.44. The molecule has 0 heterocycles. The van der Waals surface area contributed by atoms with Crippen molar-refractivity contribution in [3.8, 4) is 0 Å². The summed E-state index contributed by atoms with van der Waals surface area (Å²) in [6, 6.07) is -0.243. The summed E-state index contributed by atoms with van der Waals surface area (Å²) in [6.45, 7) is 10.0. The molecule has 0 aromatic rings. The van der Waals surface area contributed by atoms with Crippen LogP contribution in [0.15, 0.2) is 12.7 Å². The molecule has 2 unspecified atom stereocenters. The molecule has 3 nitrogen and oxygen atoms in total. The van der Waals surface area contributed by atoms with Crippen LogP contribution in [0, 0.1) is 5.92 Å². The van der Waals surface area contributed by atoms with Gasteiger partial charge in [-0.05, 0) is 25.7 Å². The predicted octanol–water partition coefficient (Wildman–Crippen LogP) is 2.22. The first-order valence-electron chi connectivity index (χ1n) is 6.14. The Morgan fingerprint density at radius 3 is 2.50 bits per heavy atom. The molecule has 0 spiro atoms. The summed E-state index contributed by atoms with van der Waals surface area (Å²) in [5, 5.41) is 2.93. The van der Waals surface area contributed by atoms with Gasteiger partial charge in [0.05, 0.1) is 6.04 Å². The quantitative estimate of drug-likeness (QED) is 0.624. The van der Waals surface area contributed by atoms with E-state index < -0.39 is 6.04 Å². The van der Waals surface area contributed by atoms with Crippen LogP contribution in [0.2, 0.25) is 0 Å². The second-order valence-corrected chi connectivity index (χ2v) is 4.87. The lowest BCUT2D eigenvalue weighted by Gasteiger charge is -2.17. The average Bonchev–Trinajstić information content (AvgIpc) is 2.17. The molecule has 0 fully saturated rings. The number of nitrogens with two attached hydrogens (primary N) is 1. The van der Waals surface area contributed by atoms with E-state index in [2.05, 4.69) is 25.7 Å². The Bertz CT molecular complexity index is 214. The fourth-order valence-electron chi connectivity index (χ4n) is 1.54. The van der Waals surface area contributed by atoms with Crippen molar-refractivity contribution in [2.45, 2.75) is 58.5 Å². The van der Waals surface area contributed by atoms with Crippen LogP contribution in [0.1, 0.15) is 46.5 Å². The highest BCUT2D eigenvalue weighted by atomic mass is 16.2. The summed E-state index contributed by atoms with van der Waals surface area (Å²) in [5.41, 5.74) is 5.67. The molecule has 0 aromatic carbocycles. The smallest absolute Gasteiger partial charge is 0.237 e. The van der Waals surface area contributed by atoms with E-state index in [1.165, 1.54) is 6.42 Å². The molecular weight excluding hydrogens is 200 g/mol. The highest BCUT2D eigenvalue weighted by molar-refractivity contribution is 5.81. The zero-order chi connectivity index (χ0) is 12.6. The minimum Gasteiger partial charge on any atom is -0.352 e. The van der Waals surface area contributed by atoms with Gasteiger partial charge < -0.3 is 11.1 Å². The van der Waals surface area contributed by atoms with Gasteiger partial charge in [0.25, 0.3) is 0 Å². The van der Waals surface area contributed by atoms with Crippen molar-refractivity contribution in [3.05, 3.63) is 12.7 Å². The molecule has 0 aliphatic carbocycles. The highest BCUT2D eigenvalue weighted by Gasteiger charge is 2.13. The molecular formula is C13H26N2O. The van der Waals surface area contributed by atoms with Gasteiger partial charge in [0, 0.05) is 6.04 Å².